The lowest BCUT2D eigenvalue weighted by Crippen LogP contribution is -2.11. The molecule has 0 spiro atoms. The molecule has 0 aliphatic heterocycles. The first-order valence-electron chi connectivity index (χ1n) is 18.4. The van der Waals surface area contributed by atoms with Gasteiger partial charge in [-0.1, -0.05) is 158 Å². The summed E-state index contributed by atoms with van der Waals surface area (Å²) < 4.78 is 6.29. The highest BCUT2D eigenvalue weighted by molar-refractivity contribution is 6.19. The van der Waals surface area contributed by atoms with Crippen molar-refractivity contribution in [2.75, 3.05) is 4.90 Å². The fourth-order valence-corrected chi connectivity index (χ4v) is 7.80. The number of anilines is 3. The van der Waals surface area contributed by atoms with Gasteiger partial charge in [-0.05, 0) is 104 Å². The Kier molecular flexibility index (Phi) is 7.85. The van der Waals surface area contributed by atoms with Crippen molar-refractivity contribution in [1.29, 1.82) is 0 Å². The number of fused-ring (bicyclic) bond motifs is 5. The number of hydrogen-bond acceptors (Lipinski definition) is 2. The first-order chi connectivity index (χ1) is 26.8. The molecule has 0 N–H and O–H groups in total. The van der Waals surface area contributed by atoms with Gasteiger partial charge in [-0.2, -0.15) is 0 Å². The second-order valence-electron chi connectivity index (χ2n) is 13.7. The van der Waals surface area contributed by atoms with Gasteiger partial charge in [-0.3, -0.25) is 0 Å². The van der Waals surface area contributed by atoms with Crippen LogP contribution in [-0.2, 0) is 0 Å². The Labute approximate surface area is 314 Å². The van der Waals surface area contributed by atoms with Crippen molar-refractivity contribution in [2.45, 2.75) is 0 Å². The summed E-state index contributed by atoms with van der Waals surface area (Å²) in [6, 6.07) is 75.9. The Morgan fingerprint density at radius 3 is 1.54 bits per heavy atom. The van der Waals surface area contributed by atoms with Crippen molar-refractivity contribution in [2.24, 2.45) is 0 Å². The lowest BCUT2D eigenvalue weighted by atomic mass is 9.96. The van der Waals surface area contributed by atoms with Crippen LogP contribution in [0.4, 0.5) is 17.1 Å². The Hall–Kier alpha value is -7.16. The maximum atomic E-state index is 6.29. The molecule has 254 valence electrons. The largest absolute Gasteiger partial charge is 0.456 e. The Balaban J connectivity index is 1.10. The predicted octanol–water partition coefficient (Wildman–Crippen LogP) is 14.9. The van der Waals surface area contributed by atoms with Crippen molar-refractivity contribution < 1.29 is 4.42 Å². The molecule has 0 amide bonds. The molecule has 54 heavy (non-hydrogen) atoms. The minimum Gasteiger partial charge on any atom is -0.456 e. The summed E-state index contributed by atoms with van der Waals surface area (Å²) in [6.45, 7) is 0. The van der Waals surface area contributed by atoms with Gasteiger partial charge >= 0.3 is 0 Å². The highest BCUT2D eigenvalue weighted by Gasteiger charge is 2.19. The molecule has 10 aromatic rings. The molecule has 0 bridgehead atoms. The van der Waals surface area contributed by atoms with Crippen LogP contribution >= 0.6 is 0 Å². The SMILES string of the molecule is c1ccc(-c2ccc(N(c3ccc(-c4cccc(-c5ccccc5)c4)cc3)c3ccccc3-c3ccc4ccc5oc6ccccc6c5c4c3)cc2)cc1. The zero-order valence-electron chi connectivity index (χ0n) is 29.6. The van der Waals surface area contributed by atoms with Crippen LogP contribution in [0.25, 0.3) is 77.2 Å². The van der Waals surface area contributed by atoms with Crippen molar-refractivity contribution in [3.05, 3.63) is 212 Å². The molecular formula is C52H35NO. The minimum atomic E-state index is 0.906. The van der Waals surface area contributed by atoms with Crippen LogP contribution in [0.5, 0.6) is 0 Å². The fourth-order valence-electron chi connectivity index (χ4n) is 7.80. The monoisotopic (exact) mass is 689 g/mol. The van der Waals surface area contributed by atoms with Gasteiger partial charge in [0.2, 0.25) is 0 Å². The van der Waals surface area contributed by atoms with Gasteiger partial charge in [0.1, 0.15) is 11.2 Å². The molecule has 1 aromatic heterocycles. The summed E-state index contributed by atoms with van der Waals surface area (Å²) in [4.78, 5) is 2.38. The van der Waals surface area contributed by atoms with Gasteiger partial charge in [0.05, 0.1) is 5.69 Å². The van der Waals surface area contributed by atoms with Crippen molar-refractivity contribution in [3.8, 4) is 44.5 Å². The van der Waals surface area contributed by atoms with E-state index < -0.39 is 0 Å². The van der Waals surface area contributed by atoms with Gasteiger partial charge in [-0.25, -0.2) is 0 Å². The summed E-state index contributed by atoms with van der Waals surface area (Å²) in [5, 5.41) is 4.67. The molecule has 10 rings (SSSR count). The number of hydrogen-bond donors (Lipinski definition) is 0. The third kappa shape index (κ3) is 5.71. The van der Waals surface area contributed by atoms with E-state index in [1.807, 2.05) is 12.1 Å². The molecule has 0 atom stereocenters. The van der Waals surface area contributed by atoms with Gasteiger partial charge in [0, 0.05) is 27.7 Å². The number of nitrogens with zero attached hydrogens (tertiary/aromatic N) is 1. The molecule has 2 nitrogen and oxygen atoms in total. The van der Waals surface area contributed by atoms with Gasteiger partial charge in [0.15, 0.2) is 0 Å². The average Bonchev–Trinajstić information content (AvgIpc) is 3.64. The van der Waals surface area contributed by atoms with E-state index >= 15 is 0 Å². The molecule has 0 saturated carbocycles. The quantitative estimate of drug-likeness (QED) is 0.166. The van der Waals surface area contributed by atoms with Crippen molar-refractivity contribution in [1.82, 2.24) is 0 Å². The van der Waals surface area contributed by atoms with Gasteiger partial charge < -0.3 is 9.32 Å². The lowest BCUT2D eigenvalue weighted by molar-refractivity contribution is 0.669. The van der Waals surface area contributed by atoms with Gasteiger partial charge in [-0.15, -0.1) is 0 Å². The number of benzene rings is 9. The summed E-state index contributed by atoms with van der Waals surface area (Å²) in [7, 11) is 0. The lowest BCUT2D eigenvalue weighted by Gasteiger charge is -2.28. The van der Waals surface area contributed by atoms with E-state index in [1.165, 1.54) is 44.2 Å². The second kappa shape index (κ2) is 13.4. The van der Waals surface area contributed by atoms with Crippen LogP contribution < -0.4 is 4.90 Å². The molecule has 0 aliphatic rings. The molecule has 0 fully saturated rings. The molecule has 1 heterocycles. The van der Waals surface area contributed by atoms with Crippen LogP contribution in [0.15, 0.2) is 217 Å². The van der Waals surface area contributed by atoms with E-state index in [-0.39, 0.29) is 0 Å². The van der Waals surface area contributed by atoms with E-state index in [1.54, 1.807) is 0 Å². The van der Waals surface area contributed by atoms with E-state index in [2.05, 4.69) is 205 Å². The minimum absolute atomic E-state index is 0.906. The van der Waals surface area contributed by atoms with Crippen molar-refractivity contribution >= 4 is 49.8 Å². The first kappa shape index (κ1) is 31.6. The molecule has 9 aromatic carbocycles. The second-order valence-corrected chi connectivity index (χ2v) is 13.7. The van der Waals surface area contributed by atoms with E-state index in [0.717, 1.165) is 50.1 Å². The Morgan fingerprint density at radius 1 is 0.315 bits per heavy atom. The number of rotatable bonds is 7. The van der Waals surface area contributed by atoms with E-state index in [9.17, 15) is 0 Å². The smallest absolute Gasteiger partial charge is 0.136 e. The van der Waals surface area contributed by atoms with Crippen LogP contribution in [-0.4, -0.2) is 0 Å². The van der Waals surface area contributed by atoms with Gasteiger partial charge in [0.25, 0.3) is 0 Å². The van der Waals surface area contributed by atoms with E-state index in [0.29, 0.717) is 0 Å². The normalized spacial score (nSPS) is 11.3. The summed E-state index contributed by atoms with van der Waals surface area (Å²) in [6.07, 6.45) is 0. The number of furan rings is 1. The summed E-state index contributed by atoms with van der Waals surface area (Å²) >= 11 is 0. The molecule has 0 radical (unpaired) electrons. The maximum Gasteiger partial charge on any atom is 0.136 e. The van der Waals surface area contributed by atoms with Crippen LogP contribution in [0, 0.1) is 0 Å². The highest BCUT2D eigenvalue weighted by atomic mass is 16.3. The molecule has 0 aliphatic carbocycles. The summed E-state index contributed by atoms with van der Waals surface area (Å²) in [5.74, 6) is 0. The van der Waals surface area contributed by atoms with Crippen LogP contribution in [0.1, 0.15) is 0 Å². The average molecular weight is 690 g/mol. The highest BCUT2D eigenvalue weighted by Crippen LogP contribution is 2.43. The summed E-state index contributed by atoms with van der Waals surface area (Å²) in [5.41, 5.74) is 14.6. The Morgan fingerprint density at radius 2 is 0.833 bits per heavy atom. The molecule has 0 unspecified atom stereocenters. The zero-order chi connectivity index (χ0) is 35.8. The van der Waals surface area contributed by atoms with Crippen LogP contribution in [0.3, 0.4) is 0 Å². The van der Waals surface area contributed by atoms with E-state index in [4.69, 9.17) is 4.42 Å². The standard InChI is InChI=1S/C52H35NO/c1-3-12-36(13-4-1)38-24-29-44(30-25-38)53(45-31-26-39(27-32-45)42-17-11-16-41(34-42)37-14-5-2-6-15-37)49-20-9-7-18-46(49)43-23-22-40-28-33-51-52(48(40)35-43)47-19-8-10-21-50(47)54-51/h1-35H. The maximum absolute atomic E-state index is 6.29. The van der Waals surface area contributed by atoms with Crippen LogP contribution in [0.2, 0.25) is 0 Å². The third-order valence-electron chi connectivity index (χ3n) is 10.5. The topological polar surface area (TPSA) is 16.4 Å². The fraction of sp³-hybridized carbons (Fsp3) is 0. The molecule has 2 heteroatoms. The zero-order valence-corrected chi connectivity index (χ0v) is 29.6. The Bertz CT molecular complexity index is 2910. The molecule has 0 saturated heterocycles. The first-order valence-corrected chi connectivity index (χ1v) is 18.4. The van der Waals surface area contributed by atoms with Crippen molar-refractivity contribution in [3.63, 3.8) is 0 Å². The predicted molar refractivity (Wildman–Crippen MR) is 228 cm³/mol. The number of para-hydroxylation sites is 2. The third-order valence-corrected chi connectivity index (χ3v) is 10.5. The molecular weight excluding hydrogens is 655 g/mol.